The summed E-state index contributed by atoms with van der Waals surface area (Å²) in [6, 6.07) is 10.0. The van der Waals surface area contributed by atoms with Crippen LogP contribution in [0.3, 0.4) is 0 Å². The molecule has 0 saturated carbocycles. The van der Waals surface area contributed by atoms with Gasteiger partial charge in [0.05, 0.1) is 16.9 Å². The number of nitrogens with zero attached hydrogens (tertiary/aromatic N) is 1. The molecule has 0 spiro atoms. The van der Waals surface area contributed by atoms with Crippen molar-refractivity contribution >= 4 is 17.2 Å². The van der Waals surface area contributed by atoms with Gasteiger partial charge in [-0.3, -0.25) is 9.78 Å². The first-order valence-corrected chi connectivity index (χ1v) is 7.93. The zero-order chi connectivity index (χ0) is 16.5. The minimum absolute atomic E-state index is 0.117. The monoisotopic (exact) mass is 321 g/mol. The van der Waals surface area contributed by atoms with Crippen molar-refractivity contribution in [3.63, 3.8) is 0 Å². The number of Topliss-reactive ketones (excluding diaryl/α,β-unsaturated/α-hetero) is 1. The quantitative estimate of drug-likeness (QED) is 0.748. The highest BCUT2D eigenvalue weighted by molar-refractivity contribution is 6.07. The van der Waals surface area contributed by atoms with Crippen LogP contribution in [0.4, 0.5) is 15.8 Å². The van der Waals surface area contributed by atoms with Crippen LogP contribution in [0.2, 0.25) is 0 Å². The van der Waals surface area contributed by atoms with E-state index in [1.54, 1.807) is 24.5 Å². The Morgan fingerprint density at radius 2 is 1.96 bits per heavy atom. The van der Waals surface area contributed by atoms with Gasteiger partial charge in [-0.2, -0.15) is 0 Å². The van der Waals surface area contributed by atoms with E-state index in [4.69, 9.17) is 0 Å². The number of carbonyl (C=O) groups excluding carboxylic acids is 1. The van der Waals surface area contributed by atoms with Crippen molar-refractivity contribution in [3.05, 3.63) is 65.9 Å². The van der Waals surface area contributed by atoms with Crippen LogP contribution in [0.15, 0.2) is 48.8 Å². The molecule has 5 heteroatoms. The lowest BCUT2D eigenvalue weighted by molar-refractivity contribution is 0.0973. The van der Waals surface area contributed by atoms with Gasteiger partial charge in [0.1, 0.15) is 5.82 Å². The largest absolute Gasteiger partial charge is 0.356 e. The molecule has 1 aliphatic carbocycles. The fraction of sp³-hybridized carbons (Fsp3) is 0.158. The van der Waals surface area contributed by atoms with Gasteiger partial charge in [-0.15, -0.1) is 0 Å². The van der Waals surface area contributed by atoms with Gasteiger partial charge in [-0.1, -0.05) is 6.07 Å². The van der Waals surface area contributed by atoms with Crippen molar-refractivity contribution in [3.8, 4) is 11.3 Å². The predicted octanol–water partition coefficient (Wildman–Crippen LogP) is 4.48. The number of ketones is 1. The average Bonchev–Trinajstić information content (AvgIpc) is 2.96. The zero-order valence-electron chi connectivity index (χ0n) is 13.0. The molecule has 2 N–H and O–H groups in total. The third kappa shape index (κ3) is 2.58. The second-order valence-corrected chi connectivity index (χ2v) is 5.88. The van der Waals surface area contributed by atoms with Gasteiger partial charge in [0.15, 0.2) is 5.78 Å². The van der Waals surface area contributed by atoms with E-state index < -0.39 is 0 Å². The molecule has 0 radical (unpaired) electrons. The van der Waals surface area contributed by atoms with E-state index >= 15 is 0 Å². The molecule has 24 heavy (non-hydrogen) atoms. The molecule has 0 bridgehead atoms. The number of pyridine rings is 1. The molecule has 0 amide bonds. The van der Waals surface area contributed by atoms with Crippen molar-refractivity contribution in [2.45, 2.75) is 19.3 Å². The summed E-state index contributed by atoms with van der Waals surface area (Å²) < 4.78 is 13.5. The van der Waals surface area contributed by atoms with Gasteiger partial charge in [0, 0.05) is 35.8 Å². The molecule has 3 aromatic rings. The maximum Gasteiger partial charge on any atom is 0.166 e. The topological polar surface area (TPSA) is 57.8 Å². The Kier molecular flexibility index (Phi) is 3.61. The van der Waals surface area contributed by atoms with E-state index in [-0.39, 0.29) is 11.6 Å². The minimum Gasteiger partial charge on any atom is -0.356 e. The molecule has 1 aliphatic rings. The Balaban J connectivity index is 1.86. The van der Waals surface area contributed by atoms with Gasteiger partial charge >= 0.3 is 0 Å². The Labute approximate surface area is 138 Å². The van der Waals surface area contributed by atoms with E-state index in [9.17, 15) is 9.18 Å². The maximum atomic E-state index is 13.5. The number of nitrogens with one attached hydrogen (secondary N) is 2. The fourth-order valence-corrected chi connectivity index (χ4v) is 3.17. The van der Waals surface area contributed by atoms with Gasteiger partial charge in [-0.05, 0) is 43.2 Å². The maximum absolute atomic E-state index is 13.5. The highest BCUT2D eigenvalue weighted by atomic mass is 19.1. The summed E-state index contributed by atoms with van der Waals surface area (Å²) in [6.45, 7) is 0. The number of aryl methyl sites for hydroxylation is 1. The van der Waals surface area contributed by atoms with Gasteiger partial charge < -0.3 is 10.3 Å². The number of H-pyrrole nitrogens is 1. The molecule has 1 aromatic carbocycles. The van der Waals surface area contributed by atoms with Gasteiger partial charge in [-0.25, -0.2) is 4.39 Å². The molecule has 0 aliphatic heterocycles. The number of halogens is 1. The normalized spacial score (nSPS) is 13.6. The summed E-state index contributed by atoms with van der Waals surface area (Å²) in [7, 11) is 0. The number of anilines is 2. The number of hydrogen-bond acceptors (Lipinski definition) is 3. The van der Waals surface area contributed by atoms with E-state index in [0.29, 0.717) is 23.4 Å². The summed E-state index contributed by atoms with van der Waals surface area (Å²) >= 11 is 0. The fourth-order valence-electron chi connectivity index (χ4n) is 3.17. The van der Waals surface area contributed by atoms with Crippen molar-refractivity contribution < 1.29 is 9.18 Å². The van der Waals surface area contributed by atoms with Crippen LogP contribution in [-0.2, 0) is 6.42 Å². The van der Waals surface area contributed by atoms with Crippen molar-refractivity contribution in [2.24, 2.45) is 0 Å². The molecule has 4 nitrogen and oxygen atoms in total. The lowest BCUT2D eigenvalue weighted by Crippen LogP contribution is -2.10. The molecule has 2 aromatic heterocycles. The first kappa shape index (κ1) is 14.6. The smallest absolute Gasteiger partial charge is 0.166 e. The van der Waals surface area contributed by atoms with Crippen molar-refractivity contribution in [2.75, 3.05) is 5.32 Å². The van der Waals surface area contributed by atoms with Crippen LogP contribution >= 0.6 is 0 Å². The van der Waals surface area contributed by atoms with Gasteiger partial charge in [0.2, 0.25) is 0 Å². The number of fused-ring (bicyclic) bond motifs is 1. The number of aromatic amines is 1. The Morgan fingerprint density at radius 1 is 1.12 bits per heavy atom. The van der Waals surface area contributed by atoms with Crippen LogP contribution in [0.1, 0.15) is 28.9 Å². The second kappa shape index (κ2) is 5.92. The average molecular weight is 321 g/mol. The minimum atomic E-state index is -0.318. The van der Waals surface area contributed by atoms with Crippen LogP contribution in [0, 0.1) is 5.82 Å². The molecular weight excluding hydrogens is 305 g/mol. The first-order chi connectivity index (χ1) is 11.7. The van der Waals surface area contributed by atoms with Crippen LogP contribution in [0.25, 0.3) is 11.3 Å². The third-order valence-corrected chi connectivity index (χ3v) is 4.25. The van der Waals surface area contributed by atoms with Crippen LogP contribution in [-0.4, -0.2) is 15.8 Å². The highest BCUT2D eigenvalue weighted by Gasteiger charge is 2.26. The Hall–Kier alpha value is -2.95. The molecule has 0 saturated heterocycles. The lowest BCUT2D eigenvalue weighted by Gasteiger charge is -2.13. The second-order valence-electron chi connectivity index (χ2n) is 5.88. The molecular formula is C19H16FN3O. The predicted molar refractivity (Wildman–Crippen MR) is 91.0 cm³/mol. The third-order valence-electron chi connectivity index (χ3n) is 4.25. The number of hydrogen-bond donors (Lipinski definition) is 2. The summed E-state index contributed by atoms with van der Waals surface area (Å²) in [6.07, 6.45) is 5.65. The molecule has 0 atom stereocenters. The zero-order valence-corrected chi connectivity index (χ0v) is 13.0. The van der Waals surface area contributed by atoms with Crippen molar-refractivity contribution in [1.82, 2.24) is 9.97 Å². The van der Waals surface area contributed by atoms with E-state index in [2.05, 4.69) is 15.3 Å². The molecule has 4 rings (SSSR count). The SMILES string of the molecule is O=C1CCCc2[nH]c(-c3ccncc3)c(Nc3cccc(F)c3)c21. The molecule has 0 fully saturated rings. The molecule has 0 unspecified atom stereocenters. The number of benzene rings is 1. The number of aromatic nitrogens is 2. The van der Waals surface area contributed by atoms with E-state index in [1.165, 1.54) is 12.1 Å². The summed E-state index contributed by atoms with van der Waals surface area (Å²) in [5.74, 6) is -0.201. The lowest BCUT2D eigenvalue weighted by atomic mass is 9.95. The number of carbonyl (C=O) groups is 1. The van der Waals surface area contributed by atoms with Crippen LogP contribution in [0.5, 0.6) is 0 Å². The van der Waals surface area contributed by atoms with E-state index in [1.807, 2.05) is 12.1 Å². The highest BCUT2D eigenvalue weighted by Crippen LogP contribution is 2.38. The summed E-state index contributed by atoms with van der Waals surface area (Å²) in [5.41, 5.74) is 4.74. The Morgan fingerprint density at radius 3 is 2.75 bits per heavy atom. The molecule has 2 heterocycles. The van der Waals surface area contributed by atoms with Crippen molar-refractivity contribution in [1.29, 1.82) is 0 Å². The summed E-state index contributed by atoms with van der Waals surface area (Å²) in [5, 5.41) is 3.24. The Bertz CT molecular complexity index is 902. The number of rotatable bonds is 3. The standard InChI is InChI=1S/C19H16FN3O/c20-13-3-1-4-14(11-13)22-19-17-15(5-2-6-16(17)24)23-18(19)12-7-9-21-10-8-12/h1,3-4,7-11,22-23H,2,5-6H2. The van der Waals surface area contributed by atoms with Gasteiger partial charge in [0.25, 0.3) is 0 Å². The van der Waals surface area contributed by atoms with Crippen LogP contribution < -0.4 is 5.32 Å². The molecule has 120 valence electrons. The summed E-state index contributed by atoms with van der Waals surface area (Å²) in [4.78, 5) is 19.9. The van der Waals surface area contributed by atoms with E-state index in [0.717, 1.165) is 29.8 Å². The first-order valence-electron chi connectivity index (χ1n) is 7.93.